The van der Waals surface area contributed by atoms with Gasteiger partial charge in [0, 0.05) is 19.0 Å². The third-order valence-electron chi connectivity index (χ3n) is 3.73. The molecule has 108 valence electrons. The van der Waals surface area contributed by atoms with Crippen molar-refractivity contribution in [3.63, 3.8) is 0 Å². The van der Waals surface area contributed by atoms with E-state index >= 15 is 0 Å². The van der Waals surface area contributed by atoms with Crippen LogP contribution in [0.3, 0.4) is 0 Å². The first-order valence-electron chi connectivity index (χ1n) is 6.92. The smallest absolute Gasteiger partial charge is 0.326 e. The zero-order chi connectivity index (χ0) is 14.5. The van der Waals surface area contributed by atoms with Crippen LogP contribution in [-0.4, -0.2) is 34.5 Å². The number of rotatable bonds is 4. The van der Waals surface area contributed by atoms with E-state index in [2.05, 4.69) is 0 Å². The topological polar surface area (TPSA) is 83.6 Å². The van der Waals surface area contributed by atoms with Crippen molar-refractivity contribution in [2.75, 3.05) is 6.54 Å². The van der Waals surface area contributed by atoms with E-state index in [1.165, 1.54) is 4.90 Å². The third kappa shape index (κ3) is 3.36. The molecular weight excluding hydrogens is 256 g/mol. The minimum absolute atomic E-state index is 0.147. The monoisotopic (exact) mass is 276 g/mol. The van der Waals surface area contributed by atoms with Gasteiger partial charge in [0.15, 0.2) is 0 Å². The van der Waals surface area contributed by atoms with Gasteiger partial charge in [0.05, 0.1) is 0 Å². The van der Waals surface area contributed by atoms with Crippen molar-refractivity contribution >= 4 is 11.9 Å². The first kappa shape index (κ1) is 14.5. The molecule has 1 aliphatic rings. The highest BCUT2D eigenvalue weighted by molar-refractivity contribution is 5.84. The second kappa shape index (κ2) is 6.52. The number of nitrogens with two attached hydrogens (primary N) is 1. The summed E-state index contributed by atoms with van der Waals surface area (Å²) in [6.45, 7) is 0.511. The summed E-state index contributed by atoms with van der Waals surface area (Å²) >= 11 is 0. The minimum Gasteiger partial charge on any atom is -0.480 e. The normalized spacial score (nSPS) is 20.4. The second-order valence-corrected chi connectivity index (χ2v) is 5.16. The highest BCUT2D eigenvalue weighted by atomic mass is 16.4. The molecule has 0 spiro atoms. The highest BCUT2D eigenvalue weighted by Gasteiger charge is 2.32. The largest absolute Gasteiger partial charge is 0.480 e. The van der Waals surface area contributed by atoms with E-state index in [9.17, 15) is 14.7 Å². The van der Waals surface area contributed by atoms with E-state index < -0.39 is 12.0 Å². The van der Waals surface area contributed by atoms with Crippen molar-refractivity contribution in [3.05, 3.63) is 35.9 Å². The summed E-state index contributed by atoms with van der Waals surface area (Å²) in [5.74, 6) is -1.10. The Balaban J connectivity index is 2.01. The number of benzene rings is 1. The first-order chi connectivity index (χ1) is 9.59. The highest BCUT2D eigenvalue weighted by Crippen LogP contribution is 2.21. The van der Waals surface area contributed by atoms with Crippen LogP contribution in [0.15, 0.2) is 30.3 Å². The number of hydrogen-bond acceptors (Lipinski definition) is 3. The van der Waals surface area contributed by atoms with Crippen LogP contribution in [0.1, 0.15) is 37.3 Å². The molecule has 2 atom stereocenters. The average Bonchev–Trinajstić information content (AvgIpc) is 2.48. The number of amides is 1. The van der Waals surface area contributed by atoms with Crippen LogP contribution >= 0.6 is 0 Å². The van der Waals surface area contributed by atoms with Gasteiger partial charge in [-0.2, -0.15) is 0 Å². The Kier molecular flexibility index (Phi) is 4.74. The van der Waals surface area contributed by atoms with Crippen LogP contribution in [0.25, 0.3) is 0 Å². The second-order valence-electron chi connectivity index (χ2n) is 5.16. The van der Waals surface area contributed by atoms with Gasteiger partial charge in [0.2, 0.25) is 5.91 Å². The number of carbonyl (C=O) groups excluding carboxylic acids is 1. The lowest BCUT2D eigenvalue weighted by atomic mass is 9.99. The molecule has 1 saturated heterocycles. The molecule has 0 aliphatic carbocycles. The van der Waals surface area contributed by atoms with Crippen molar-refractivity contribution < 1.29 is 14.7 Å². The zero-order valence-electron chi connectivity index (χ0n) is 11.4. The molecule has 20 heavy (non-hydrogen) atoms. The molecule has 0 bridgehead atoms. The summed E-state index contributed by atoms with van der Waals surface area (Å²) in [6, 6.07) is 8.31. The fourth-order valence-corrected chi connectivity index (χ4v) is 2.61. The average molecular weight is 276 g/mol. The van der Waals surface area contributed by atoms with Crippen LogP contribution < -0.4 is 5.73 Å². The summed E-state index contributed by atoms with van der Waals surface area (Å²) in [6.07, 6.45) is 2.39. The number of carbonyl (C=O) groups is 2. The predicted octanol–water partition coefficient (Wildman–Crippen LogP) is 1.54. The maximum Gasteiger partial charge on any atom is 0.326 e. The molecule has 1 fully saturated rings. The lowest BCUT2D eigenvalue weighted by molar-refractivity contribution is -0.152. The Labute approximate surface area is 118 Å². The van der Waals surface area contributed by atoms with E-state index in [1.807, 2.05) is 30.3 Å². The lowest BCUT2D eigenvalue weighted by Gasteiger charge is -2.33. The Morgan fingerprint density at radius 2 is 2.00 bits per heavy atom. The molecule has 1 aromatic carbocycles. The standard InChI is InChI=1S/C15H20N2O3/c16-12(11-6-2-1-3-7-11)10-14(18)17-9-5-4-8-13(17)15(19)20/h1-3,6-7,12-13H,4-5,8-10,16H2,(H,19,20)/t12?,13-/m0/s1. The molecule has 0 radical (unpaired) electrons. The third-order valence-corrected chi connectivity index (χ3v) is 3.73. The van der Waals surface area contributed by atoms with Crippen LogP contribution in [0.4, 0.5) is 0 Å². The summed E-state index contributed by atoms with van der Waals surface area (Å²) in [5.41, 5.74) is 6.92. The number of likely N-dealkylation sites (tertiary alicyclic amines) is 1. The molecule has 2 rings (SSSR count). The van der Waals surface area contributed by atoms with Gasteiger partial charge in [-0.15, -0.1) is 0 Å². The minimum atomic E-state index is -0.925. The molecule has 0 saturated carbocycles. The molecule has 1 amide bonds. The SMILES string of the molecule is NC(CC(=O)N1CCCC[C@H]1C(=O)O)c1ccccc1. The van der Waals surface area contributed by atoms with E-state index in [1.54, 1.807) is 0 Å². The molecule has 1 aromatic rings. The van der Waals surface area contributed by atoms with Gasteiger partial charge in [0.25, 0.3) is 0 Å². The molecule has 0 aromatic heterocycles. The molecule has 1 aliphatic heterocycles. The number of nitrogens with zero attached hydrogens (tertiary/aromatic N) is 1. The quantitative estimate of drug-likeness (QED) is 0.873. The molecule has 1 unspecified atom stereocenters. The lowest BCUT2D eigenvalue weighted by Crippen LogP contribution is -2.48. The van der Waals surface area contributed by atoms with Gasteiger partial charge < -0.3 is 15.7 Å². The van der Waals surface area contributed by atoms with Crippen LogP contribution in [0.2, 0.25) is 0 Å². The Bertz CT molecular complexity index is 475. The summed E-state index contributed by atoms with van der Waals surface area (Å²) in [5, 5.41) is 9.18. The van der Waals surface area contributed by atoms with Crippen LogP contribution in [0, 0.1) is 0 Å². The van der Waals surface area contributed by atoms with E-state index in [4.69, 9.17) is 5.73 Å². The van der Waals surface area contributed by atoms with Gasteiger partial charge in [-0.25, -0.2) is 4.79 Å². The summed E-state index contributed by atoms with van der Waals surface area (Å²) in [4.78, 5) is 24.9. The van der Waals surface area contributed by atoms with Crippen molar-refractivity contribution in [1.82, 2.24) is 4.90 Å². The maximum atomic E-state index is 12.3. The first-order valence-corrected chi connectivity index (χ1v) is 6.92. The molecular formula is C15H20N2O3. The fraction of sp³-hybridized carbons (Fsp3) is 0.467. The molecule has 1 heterocycles. The number of hydrogen-bond donors (Lipinski definition) is 2. The fourth-order valence-electron chi connectivity index (χ4n) is 2.61. The Morgan fingerprint density at radius 3 is 2.65 bits per heavy atom. The van der Waals surface area contributed by atoms with E-state index in [0.29, 0.717) is 13.0 Å². The Hall–Kier alpha value is -1.88. The van der Waals surface area contributed by atoms with Gasteiger partial charge in [0.1, 0.15) is 6.04 Å². The van der Waals surface area contributed by atoms with E-state index in [0.717, 1.165) is 18.4 Å². The summed E-state index contributed by atoms with van der Waals surface area (Å²) in [7, 11) is 0. The summed E-state index contributed by atoms with van der Waals surface area (Å²) < 4.78 is 0. The molecule has 3 N–H and O–H groups in total. The van der Waals surface area contributed by atoms with Gasteiger partial charge in [-0.05, 0) is 24.8 Å². The number of aliphatic carboxylic acids is 1. The van der Waals surface area contributed by atoms with Crippen LogP contribution in [-0.2, 0) is 9.59 Å². The Morgan fingerprint density at radius 1 is 1.30 bits per heavy atom. The van der Waals surface area contributed by atoms with Crippen molar-refractivity contribution in [3.8, 4) is 0 Å². The van der Waals surface area contributed by atoms with Crippen molar-refractivity contribution in [2.24, 2.45) is 5.73 Å². The predicted molar refractivity (Wildman–Crippen MR) is 75.0 cm³/mol. The number of piperidine rings is 1. The van der Waals surface area contributed by atoms with Gasteiger partial charge in [-0.1, -0.05) is 30.3 Å². The van der Waals surface area contributed by atoms with Crippen LogP contribution in [0.5, 0.6) is 0 Å². The number of carboxylic acids is 1. The van der Waals surface area contributed by atoms with Crippen molar-refractivity contribution in [1.29, 1.82) is 0 Å². The van der Waals surface area contributed by atoms with Crippen molar-refractivity contribution in [2.45, 2.75) is 37.8 Å². The number of carboxylic acid groups (broad SMARTS) is 1. The molecule has 5 nitrogen and oxygen atoms in total. The van der Waals surface area contributed by atoms with Gasteiger partial charge >= 0.3 is 5.97 Å². The van der Waals surface area contributed by atoms with Gasteiger partial charge in [-0.3, -0.25) is 4.79 Å². The zero-order valence-corrected chi connectivity index (χ0v) is 11.4. The van der Waals surface area contributed by atoms with E-state index in [-0.39, 0.29) is 18.4 Å². The molecule has 5 heteroatoms. The maximum absolute atomic E-state index is 12.3.